The topological polar surface area (TPSA) is 142 Å². The van der Waals surface area contributed by atoms with E-state index in [0.29, 0.717) is 30.0 Å². The van der Waals surface area contributed by atoms with Gasteiger partial charge in [-0.2, -0.15) is 0 Å². The fraction of sp³-hybridized carbons (Fsp3) is 0.364. The van der Waals surface area contributed by atoms with E-state index in [9.17, 15) is 22.8 Å². The van der Waals surface area contributed by atoms with Crippen molar-refractivity contribution in [2.45, 2.75) is 50.5 Å². The standard InChI is InChI=1S/C33H39N3O7S.Na.H/c1-3-5-18-33(4-2)22-36(25-14-10-7-11-15-25)27-19-26(16-17-28(27)44(41,42)23-33)43-21-29(37)35-31(24-12-8-6-9-13-24)32(40)34-20-30(38)39;;/h6-17,19,31H,3-5,18,20-23H2,1-2H3,(H,34,40)(H,35,37)(H,38,39);;/t31-,33?;;/m1../s1. The first-order valence-corrected chi connectivity index (χ1v) is 16.4. The number of ether oxygens (including phenoxy) is 1. The molecule has 1 unspecified atom stereocenters. The third-order valence-electron chi connectivity index (χ3n) is 7.91. The van der Waals surface area contributed by atoms with E-state index in [1.165, 1.54) is 12.1 Å². The van der Waals surface area contributed by atoms with Gasteiger partial charge in [0.05, 0.1) is 16.3 Å². The van der Waals surface area contributed by atoms with Gasteiger partial charge in [-0.15, -0.1) is 0 Å². The predicted molar refractivity (Wildman–Crippen MR) is 175 cm³/mol. The van der Waals surface area contributed by atoms with Crippen LogP contribution in [0.1, 0.15) is 51.1 Å². The van der Waals surface area contributed by atoms with E-state index in [2.05, 4.69) is 17.6 Å². The molecule has 0 spiro atoms. The van der Waals surface area contributed by atoms with Crippen LogP contribution in [0.2, 0.25) is 0 Å². The molecule has 2 atom stereocenters. The molecule has 2 amide bonds. The Bertz CT molecular complexity index is 1570. The molecule has 12 heteroatoms. The number of aliphatic carboxylic acids is 1. The number of para-hydroxylation sites is 1. The molecule has 10 nitrogen and oxygen atoms in total. The Morgan fingerprint density at radius 1 is 1.00 bits per heavy atom. The van der Waals surface area contributed by atoms with E-state index < -0.39 is 52.2 Å². The predicted octanol–water partition coefficient (Wildman–Crippen LogP) is 3.99. The average molecular weight is 646 g/mol. The Morgan fingerprint density at radius 3 is 2.29 bits per heavy atom. The van der Waals surface area contributed by atoms with Crippen LogP contribution in [0.3, 0.4) is 0 Å². The summed E-state index contributed by atoms with van der Waals surface area (Å²) in [4.78, 5) is 38.9. The minimum atomic E-state index is -3.65. The quantitative estimate of drug-likeness (QED) is 0.237. The molecule has 0 aliphatic carbocycles. The number of nitrogens with one attached hydrogen (secondary N) is 2. The van der Waals surface area contributed by atoms with Crippen LogP contribution in [-0.2, 0) is 24.2 Å². The average Bonchev–Trinajstić information content (AvgIpc) is 3.13. The van der Waals surface area contributed by atoms with Gasteiger partial charge in [0.25, 0.3) is 5.91 Å². The summed E-state index contributed by atoms with van der Waals surface area (Å²) < 4.78 is 33.4. The van der Waals surface area contributed by atoms with Crippen molar-refractivity contribution < 1.29 is 32.6 Å². The Hall–Kier alpha value is -3.38. The van der Waals surface area contributed by atoms with Gasteiger partial charge >= 0.3 is 35.5 Å². The van der Waals surface area contributed by atoms with Crippen molar-refractivity contribution in [1.29, 1.82) is 0 Å². The third kappa shape index (κ3) is 9.32. The fourth-order valence-electron chi connectivity index (χ4n) is 5.50. The van der Waals surface area contributed by atoms with Gasteiger partial charge in [0.2, 0.25) is 5.91 Å². The van der Waals surface area contributed by atoms with Gasteiger partial charge < -0.3 is 25.4 Å². The van der Waals surface area contributed by atoms with Gasteiger partial charge in [-0.1, -0.05) is 75.2 Å². The van der Waals surface area contributed by atoms with E-state index in [1.807, 2.05) is 42.2 Å². The number of fused-ring (bicyclic) bond motifs is 1. The number of carboxylic acids is 1. The number of benzene rings is 3. The van der Waals surface area contributed by atoms with Crippen LogP contribution in [0, 0.1) is 5.41 Å². The number of sulfone groups is 1. The zero-order valence-electron chi connectivity index (χ0n) is 25.0. The number of carbonyl (C=O) groups excluding carboxylic acids is 2. The molecule has 0 bridgehead atoms. The van der Waals surface area contributed by atoms with Gasteiger partial charge in [-0.25, -0.2) is 8.42 Å². The first kappa shape index (κ1) is 36.1. The molecule has 236 valence electrons. The molecule has 0 fully saturated rings. The van der Waals surface area contributed by atoms with Crippen LogP contribution in [0.15, 0.2) is 83.8 Å². The summed E-state index contributed by atoms with van der Waals surface area (Å²) in [5.74, 6) is -2.17. The monoisotopic (exact) mass is 645 g/mol. The summed E-state index contributed by atoms with van der Waals surface area (Å²) in [6.07, 6.45) is 3.37. The molecule has 0 saturated carbocycles. The summed E-state index contributed by atoms with van der Waals surface area (Å²) in [6.45, 7) is 3.60. The van der Waals surface area contributed by atoms with Crippen molar-refractivity contribution in [3.63, 3.8) is 0 Å². The molecule has 1 heterocycles. The van der Waals surface area contributed by atoms with Crippen LogP contribution < -0.4 is 20.3 Å². The molecule has 1 aliphatic heterocycles. The number of hydrogen-bond acceptors (Lipinski definition) is 7. The molecule has 3 aromatic carbocycles. The van der Waals surface area contributed by atoms with E-state index in [4.69, 9.17) is 9.84 Å². The number of carboxylic acid groups (broad SMARTS) is 1. The van der Waals surface area contributed by atoms with Crippen LogP contribution in [0.5, 0.6) is 5.75 Å². The number of amides is 2. The fourth-order valence-corrected chi connectivity index (χ4v) is 7.67. The molecule has 3 aromatic rings. The number of rotatable bonds is 13. The van der Waals surface area contributed by atoms with E-state index >= 15 is 0 Å². The number of anilines is 2. The molecule has 3 N–H and O–H groups in total. The van der Waals surface area contributed by atoms with Crippen molar-refractivity contribution >= 4 is 68.6 Å². The molecular formula is C33H40N3NaO7S. The zero-order chi connectivity index (χ0) is 31.7. The van der Waals surface area contributed by atoms with Gasteiger partial charge in [0.15, 0.2) is 16.4 Å². The first-order valence-electron chi connectivity index (χ1n) is 14.7. The van der Waals surface area contributed by atoms with E-state index in [0.717, 1.165) is 24.9 Å². The van der Waals surface area contributed by atoms with Gasteiger partial charge in [0, 0.05) is 23.7 Å². The van der Waals surface area contributed by atoms with Crippen LogP contribution >= 0.6 is 0 Å². The normalized spacial score (nSPS) is 17.5. The number of carbonyl (C=O) groups is 3. The van der Waals surface area contributed by atoms with E-state index in [-0.39, 0.29) is 40.2 Å². The van der Waals surface area contributed by atoms with Crippen LogP contribution in [0.25, 0.3) is 0 Å². The van der Waals surface area contributed by atoms with Crippen LogP contribution in [0.4, 0.5) is 11.4 Å². The van der Waals surface area contributed by atoms with E-state index in [1.54, 1.807) is 36.4 Å². The molecule has 1 aliphatic rings. The van der Waals surface area contributed by atoms with Crippen molar-refractivity contribution in [2.75, 3.05) is 30.3 Å². The van der Waals surface area contributed by atoms with Crippen molar-refractivity contribution in [1.82, 2.24) is 10.6 Å². The van der Waals surface area contributed by atoms with Crippen LogP contribution in [-0.4, -0.2) is 86.3 Å². The second-order valence-corrected chi connectivity index (χ2v) is 13.0. The molecule has 45 heavy (non-hydrogen) atoms. The van der Waals surface area contributed by atoms with Gasteiger partial charge in [-0.3, -0.25) is 14.4 Å². The van der Waals surface area contributed by atoms with Gasteiger partial charge in [-0.05, 0) is 42.7 Å². The Morgan fingerprint density at radius 2 is 1.67 bits per heavy atom. The van der Waals surface area contributed by atoms with Gasteiger partial charge in [0.1, 0.15) is 18.3 Å². The Labute approximate surface area is 286 Å². The van der Waals surface area contributed by atoms with Crippen molar-refractivity contribution in [2.24, 2.45) is 5.41 Å². The molecule has 0 radical (unpaired) electrons. The maximum atomic E-state index is 13.8. The second kappa shape index (κ2) is 16.3. The number of hydrogen-bond donors (Lipinski definition) is 3. The number of nitrogens with zero attached hydrogens (tertiary/aromatic N) is 1. The maximum absolute atomic E-state index is 13.8. The Balaban J connectivity index is 0.00000552. The zero-order valence-corrected chi connectivity index (χ0v) is 25.8. The molecule has 4 rings (SSSR count). The summed E-state index contributed by atoms with van der Waals surface area (Å²) in [7, 11) is -3.65. The molecular weight excluding hydrogens is 605 g/mol. The third-order valence-corrected chi connectivity index (χ3v) is 9.92. The summed E-state index contributed by atoms with van der Waals surface area (Å²) in [5.41, 5.74) is 1.36. The number of unbranched alkanes of at least 4 members (excludes halogenated alkanes) is 1. The summed E-state index contributed by atoms with van der Waals surface area (Å²) in [6, 6.07) is 21.7. The molecule has 0 aromatic heterocycles. The molecule has 0 saturated heterocycles. The summed E-state index contributed by atoms with van der Waals surface area (Å²) in [5, 5.41) is 13.9. The second-order valence-electron chi connectivity index (χ2n) is 11.1. The SMILES string of the molecule is CCCCC1(CC)CN(c2ccccc2)c2cc(OCC(=O)N[C@@H](C(=O)NCC(=O)O)c3ccccc3)ccc2S(=O)(=O)C1.[NaH]. The minimum absolute atomic E-state index is 0. The van der Waals surface area contributed by atoms with Crippen molar-refractivity contribution in [3.8, 4) is 5.75 Å². The van der Waals surface area contributed by atoms with Crippen molar-refractivity contribution in [3.05, 3.63) is 84.4 Å². The Kier molecular flexibility index (Phi) is 13.0. The first-order chi connectivity index (χ1) is 21.1. The summed E-state index contributed by atoms with van der Waals surface area (Å²) >= 11 is 0.